The fourth-order valence-corrected chi connectivity index (χ4v) is 2.03. The van der Waals surface area contributed by atoms with Crippen LogP contribution >= 0.6 is 11.6 Å². The third-order valence-corrected chi connectivity index (χ3v) is 3.35. The van der Waals surface area contributed by atoms with Gasteiger partial charge in [0.15, 0.2) is 0 Å². The topological polar surface area (TPSA) is 46.2 Å². The fraction of sp³-hybridized carbons (Fsp3) is 0.538. The smallest absolute Gasteiger partial charge is 0.0830 e. The summed E-state index contributed by atoms with van der Waals surface area (Å²) in [6.45, 7) is 4.54. The maximum atomic E-state index is 10.2. The Morgan fingerprint density at radius 1 is 1.44 bits per heavy atom. The van der Waals surface area contributed by atoms with Crippen molar-refractivity contribution in [3.8, 4) is 0 Å². The summed E-state index contributed by atoms with van der Waals surface area (Å²) >= 11 is 6.04. The molecule has 0 saturated carbocycles. The summed E-state index contributed by atoms with van der Waals surface area (Å²) in [6.07, 6.45) is 1.45. The molecule has 2 atom stereocenters. The van der Waals surface area contributed by atoms with Gasteiger partial charge in [0.1, 0.15) is 0 Å². The Labute approximate surface area is 102 Å². The Hall–Kier alpha value is -0.570. The second-order valence-corrected chi connectivity index (χ2v) is 4.65. The van der Waals surface area contributed by atoms with E-state index in [1.165, 1.54) is 0 Å². The van der Waals surface area contributed by atoms with Crippen LogP contribution in [0, 0.1) is 12.8 Å². The molecule has 1 aromatic rings. The van der Waals surface area contributed by atoms with Crippen LogP contribution in [0.4, 0.5) is 0 Å². The van der Waals surface area contributed by atoms with E-state index in [4.69, 9.17) is 17.3 Å². The molecule has 3 N–H and O–H groups in total. The van der Waals surface area contributed by atoms with Gasteiger partial charge in [-0.25, -0.2) is 0 Å². The van der Waals surface area contributed by atoms with E-state index >= 15 is 0 Å². The van der Waals surface area contributed by atoms with Crippen LogP contribution < -0.4 is 5.73 Å². The summed E-state index contributed by atoms with van der Waals surface area (Å²) in [5, 5.41) is 10.9. The van der Waals surface area contributed by atoms with Crippen molar-refractivity contribution in [1.29, 1.82) is 0 Å². The predicted molar refractivity (Wildman–Crippen MR) is 68.6 cm³/mol. The first-order chi connectivity index (χ1) is 7.60. The third-order valence-electron chi connectivity index (χ3n) is 2.95. The molecule has 0 aliphatic heterocycles. The molecule has 0 aliphatic carbocycles. The lowest BCUT2D eigenvalue weighted by atomic mass is 9.91. The summed E-state index contributed by atoms with van der Waals surface area (Å²) in [4.78, 5) is 0. The monoisotopic (exact) mass is 241 g/mol. The van der Waals surface area contributed by atoms with Crippen molar-refractivity contribution < 1.29 is 5.11 Å². The highest BCUT2D eigenvalue weighted by Gasteiger charge is 2.19. The van der Waals surface area contributed by atoms with Crippen LogP contribution in [-0.2, 0) is 0 Å². The van der Waals surface area contributed by atoms with Crippen molar-refractivity contribution in [2.24, 2.45) is 11.7 Å². The average molecular weight is 242 g/mol. The molecule has 1 rings (SSSR count). The summed E-state index contributed by atoms with van der Waals surface area (Å²) < 4.78 is 0. The average Bonchev–Trinajstić information content (AvgIpc) is 2.28. The number of aliphatic hydroxyl groups excluding tert-OH is 1. The molecule has 90 valence electrons. The minimum Gasteiger partial charge on any atom is -0.388 e. The summed E-state index contributed by atoms with van der Waals surface area (Å²) in [6, 6.07) is 5.69. The van der Waals surface area contributed by atoms with Gasteiger partial charge in [-0.2, -0.15) is 0 Å². The van der Waals surface area contributed by atoms with E-state index in [1.807, 2.05) is 25.1 Å². The number of halogens is 1. The van der Waals surface area contributed by atoms with E-state index < -0.39 is 6.10 Å². The largest absolute Gasteiger partial charge is 0.388 e. The molecule has 2 unspecified atom stereocenters. The van der Waals surface area contributed by atoms with Crippen molar-refractivity contribution in [2.45, 2.75) is 32.8 Å². The van der Waals surface area contributed by atoms with E-state index in [0.717, 1.165) is 24.0 Å². The standard InChI is InChI=1S/C13H20ClNO/c1-3-4-11(8-15)13(16)10-6-5-9(2)12(14)7-10/h5-7,11,13,16H,3-4,8,15H2,1-2H3. The highest BCUT2D eigenvalue weighted by atomic mass is 35.5. The first-order valence-corrected chi connectivity index (χ1v) is 6.12. The van der Waals surface area contributed by atoms with Crippen LogP contribution in [0.3, 0.4) is 0 Å². The Bertz CT molecular complexity index is 341. The second kappa shape index (κ2) is 6.24. The Morgan fingerprint density at radius 2 is 2.12 bits per heavy atom. The van der Waals surface area contributed by atoms with Gasteiger partial charge in [-0.3, -0.25) is 0 Å². The number of benzene rings is 1. The van der Waals surface area contributed by atoms with E-state index in [0.29, 0.717) is 11.6 Å². The molecule has 0 aliphatic rings. The molecule has 0 heterocycles. The van der Waals surface area contributed by atoms with E-state index in [9.17, 15) is 5.11 Å². The predicted octanol–water partition coefficient (Wildman–Crippen LogP) is 3.06. The van der Waals surface area contributed by atoms with Gasteiger partial charge >= 0.3 is 0 Å². The van der Waals surface area contributed by atoms with Gasteiger partial charge < -0.3 is 10.8 Å². The number of nitrogens with two attached hydrogens (primary N) is 1. The van der Waals surface area contributed by atoms with Crippen LogP contribution in [0.25, 0.3) is 0 Å². The lowest BCUT2D eigenvalue weighted by Crippen LogP contribution is -2.21. The Balaban J connectivity index is 2.85. The first-order valence-electron chi connectivity index (χ1n) is 5.74. The Morgan fingerprint density at radius 3 is 2.62 bits per heavy atom. The normalized spacial score (nSPS) is 14.8. The highest BCUT2D eigenvalue weighted by molar-refractivity contribution is 6.31. The summed E-state index contributed by atoms with van der Waals surface area (Å²) in [7, 11) is 0. The number of aliphatic hydroxyl groups is 1. The van der Waals surface area contributed by atoms with Crippen LogP contribution in [0.2, 0.25) is 5.02 Å². The van der Waals surface area contributed by atoms with Gasteiger partial charge in [-0.05, 0) is 37.1 Å². The van der Waals surface area contributed by atoms with Crippen molar-refractivity contribution >= 4 is 11.6 Å². The molecular weight excluding hydrogens is 222 g/mol. The van der Waals surface area contributed by atoms with Gasteiger partial charge in [0.05, 0.1) is 6.10 Å². The Kier molecular flexibility index (Phi) is 5.26. The van der Waals surface area contributed by atoms with E-state index in [-0.39, 0.29) is 5.92 Å². The molecule has 0 aromatic heterocycles. The zero-order valence-electron chi connectivity index (χ0n) is 9.91. The van der Waals surface area contributed by atoms with Crippen LogP contribution in [-0.4, -0.2) is 11.7 Å². The lowest BCUT2D eigenvalue weighted by molar-refractivity contribution is 0.107. The first kappa shape index (κ1) is 13.5. The molecule has 1 aromatic carbocycles. The van der Waals surface area contributed by atoms with Crippen molar-refractivity contribution in [3.05, 3.63) is 34.3 Å². The zero-order valence-corrected chi connectivity index (χ0v) is 10.7. The maximum Gasteiger partial charge on any atom is 0.0830 e. The molecule has 0 amide bonds. The SMILES string of the molecule is CCCC(CN)C(O)c1ccc(C)c(Cl)c1. The van der Waals surface area contributed by atoms with Crippen LogP contribution in [0.15, 0.2) is 18.2 Å². The lowest BCUT2D eigenvalue weighted by Gasteiger charge is -2.21. The molecule has 0 bridgehead atoms. The van der Waals surface area contributed by atoms with Gasteiger partial charge in [-0.1, -0.05) is 37.1 Å². The molecule has 0 spiro atoms. The van der Waals surface area contributed by atoms with Gasteiger partial charge in [0.2, 0.25) is 0 Å². The molecular formula is C13H20ClNO. The number of hydrogen-bond acceptors (Lipinski definition) is 2. The number of aryl methyl sites for hydroxylation is 1. The zero-order chi connectivity index (χ0) is 12.1. The molecule has 2 nitrogen and oxygen atoms in total. The number of rotatable bonds is 5. The van der Waals surface area contributed by atoms with E-state index in [2.05, 4.69) is 6.92 Å². The van der Waals surface area contributed by atoms with Gasteiger partial charge in [-0.15, -0.1) is 0 Å². The molecule has 16 heavy (non-hydrogen) atoms. The fourth-order valence-electron chi connectivity index (χ4n) is 1.84. The van der Waals surface area contributed by atoms with Crippen molar-refractivity contribution in [1.82, 2.24) is 0 Å². The van der Waals surface area contributed by atoms with Gasteiger partial charge in [0, 0.05) is 10.9 Å². The van der Waals surface area contributed by atoms with E-state index in [1.54, 1.807) is 0 Å². The summed E-state index contributed by atoms with van der Waals surface area (Å²) in [5.41, 5.74) is 7.56. The number of hydrogen-bond donors (Lipinski definition) is 2. The summed E-state index contributed by atoms with van der Waals surface area (Å²) in [5.74, 6) is 0.115. The molecule has 0 fully saturated rings. The minimum atomic E-state index is -0.511. The molecule has 3 heteroatoms. The highest BCUT2D eigenvalue weighted by Crippen LogP contribution is 2.28. The van der Waals surface area contributed by atoms with Crippen molar-refractivity contribution in [3.63, 3.8) is 0 Å². The maximum absolute atomic E-state index is 10.2. The van der Waals surface area contributed by atoms with Crippen LogP contribution in [0.1, 0.15) is 37.0 Å². The minimum absolute atomic E-state index is 0.115. The molecule has 0 radical (unpaired) electrons. The van der Waals surface area contributed by atoms with Crippen LogP contribution in [0.5, 0.6) is 0 Å². The quantitative estimate of drug-likeness (QED) is 0.832. The third kappa shape index (κ3) is 3.21. The molecule has 0 saturated heterocycles. The second-order valence-electron chi connectivity index (χ2n) is 4.24. The van der Waals surface area contributed by atoms with Crippen molar-refractivity contribution in [2.75, 3.05) is 6.54 Å². The van der Waals surface area contributed by atoms with Gasteiger partial charge in [0.25, 0.3) is 0 Å².